The monoisotopic (exact) mass is 684 g/mol. The molecule has 0 radical (unpaired) electrons. The fourth-order valence-electron chi connectivity index (χ4n) is 6.89. The van der Waals surface area contributed by atoms with Crippen LogP contribution in [0.3, 0.4) is 0 Å². The lowest BCUT2D eigenvalue weighted by Crippen LogP contribution is -2.48. The van der Waals surface area contributed by atoms with Gasteiger partial charge < -0.3 is 10.6 Å². The lowest BCUT2D eigenvalue weighted by atomic mass is 10.1. The number of amides is 1. The molecule has 3 aliphatic heterocycles. The third-order valence-corrected chi connectivity index (χ3v) is 10.3. The van der Waals surface area contributed by atoms with Crippen molar-refractivity contribution in [1.82, 2.24) is 24.5 Å². The Kier molecular flexibility index (Phi) is 16.2. The van der Waals surface area contributed by atoms with E-state index in [1.165, 1.54) is 56.1 Å². The Labute approximate surface area is 303 Å². The summed E-state index contributed by atoms with van der Waals surface area (Å²) in [5.41, 5.74) is 9.85. The number of para-hydroxylation sites is 1. The molecule has 3 aliphatic rings. The summed E-state index contributed by atoms with van der Waals surface area (Å²) in [5, 5.41) is 0. The maximum Gasteiger partial charge on any atom is 0.248 e. The Hall–Kier alpha value is -3.27. The van der Waals surface area contributed by atoms with Crippen molar-refractivity contribution in [1.29, 1.82) is 0 Å². The molecule has 3 fully saturated rings. The first-order chi connectivity index (χ1) is 24.1. The second-order valence-corrected chi connectivity index (χ2v) is 14.8. The highest BCUT2D eigenvalue weighted by Gasteiger charge is 2.20. The van der Waals surface area contributed by atoms with Gasteiger partial charge in [-0.2, -0.15) is 0 Å². The van der Waals surface area contributed by atoms with Gasteiger partial charge in [-0.05, 0) is 76.9 Å². The fourth-order valence-corrected chi connectivity index (χ4v) is 6.89. The molecule has 274 valence electrons. The Morgan fingerprint density at radius 3 is 1.24 bits per heavy atom. The van der Waals surface area contributed by atoms with Crippen LogP contribution < -0.4 is 10.6 Å². The Bertz CT molecular complexity index is 1340. The number of carbonyl (C=O) groups excluding carboxylic acids is 1. The van der Waals surface area contributed by atoms with Crippen molar-refractivity contribution >= 4 is 11.6 Å². The van der Waals surface area contributed by atoms with Gasteiger partial charge in [0.05, 0.1) is 0 Å². The van der Waals surface area contributed by atoms with Gasteiger partial charge in [-0.25, -0.2) is 0 Å². The van der Waals surface area contributed by atoms with Crippen LogP contribution in [0.25, 0.3) is 0 Å². The number of primary amides is 1. The third-order valence-electron chi connectivity index (χ3n) is 10.3. The first-order valence-electron chi connectivity index (χ1n) is 19.0. The van der Waals surface area contributed by atoms with Gasteiger partial charge in [0.2, 0.25) is 5.91 Å². The average Bonchev–Trinajstić information content (AvgIpc) is 3.14. The molecule has 8 heteroatoms. The molecule has 8 nitrogen and oxygen atoms in total. The minimum absolute atomic E-state index is 0.364. The highest BCUT2D eigenvalue weighted by Crippen LogP contribution is 2.17. The summed E-state index contributed by atoms with van der Waals surface area (Å²) in [6, 6.07) is 31.1. The predicted octanol–water partition coefficient (Wildman–Crippen LogP) is 5.74. The van der Waals surface area contributed by atoms with Crippen molar-refractivity contribution in [3.8, 4) is 0 Å². The van der Waals surface area contributed by atoms with Crippen molar-refractivity contribution in [2.75, 3.05) is 83.4 Å². The van der Waals surface area contributed by atoms with Gasteiger partial charge in [-0.15, -0.1) is 0 Å². The van der Waals surface area contributed by atoms with Gasteiger partial charge in [0.25, 0.3) is 0 Å². The van der Waals surface area contributed by atoms with E-state index < -0.39 is 0 Å². The van der Waals surface area contributed by atoms with Crippen molar-refractivity contribution in [3.63, 3.8) is 0 Å². The Morgan fingerprint density at radius 1 is 0.500 bits per heavy atom. The number of hydrogen-bond donors (Lipinski definition) is 1. The van der Waals surface area contributed by atoms with E-state index in [0.29, 0.717) is 23.7 Å². The molecular formula is C42H65N7O. The average molecular weight is 684 g/mol. The van der Waals surface area contributed by atoms with Crippen LogP contribution in [0.15, 0.2) is 84.9 Å². The molecule has 0 aliphatic carbocycles. The topological polar surface area (TPSA) is 62.5 Å². The van der Waals surface area contributed by atoms with Gasteiger partial charge in [-0.1, -0.05) is 60.7 Å². The lowest BCUT2D eigenvalue weighted by molar-refractivity contribution is 0.1000. The number of anilines is 1. The summed E-state index contributed by atoms with van der Waals surface area (Å²) in [6.07, 6.45) is 0. The number of carbonyl (C=O) groups is 1. The zero-order valence-corrected chi connectivity index (χ0v) is 31.9. The van der Waals surface area contributed by atoms with Gasteiger partial charge in [0.1, 0.15) is 0 Å². The fraction of sp³-hybridized carbons (Fsp3) is 0.548. The maximum atomic E-state index is 11.0. The van der Waals surface area contributed by atoms with Crippen molar-refractivity contribution in [2.24, 2.45) is 5.73 Å². The molecule has 0 saturated carbocycles. The molecule has 3 heterocycles. The maximum absolute atomic E-state index is 11.0. The smallest absolute Gasteiger partial charge is 0.248 e. The molecule has 0 bridgehead atoms. The molecule has 0 atom stereocenters. The molecular weight excluding hydrogens is 619 g/mol. The van der Waals surface area contributed by atoms with E-state index in [4.69, 9.17) is 5.73 Å². The zero-order chi connectivity index (χ0) is 35.9. The molecule has 0 unspecified atom stereocenters. The van der Waals surface area contributed by atoms with E-state index in [9.17, 15) is 4.79 Å². The largest absolute Gasteiger partial charge is 0.369 e. The number of nitrogens with two attached hydrogens (primary N) is 1. The highest BCUT2D eigenvalue weighted by atomic mass is 16.1. The molecule has 0 spiro atoms. The van der Waals surface area contributed by atoms with Crippen LogP contribution in [0.5, 0.6) is 0 Å². The van der Waals surface area contributed by atoms with E-state index in [-0.39, 0.29) is 5.91 Å². The molecule has 50 heavy (non-hydrogen) atoms. The van der Waals surface area contributed by atoms with Gasteiger partial charge >= 0.3 is 0 Å². The molecule has 3 saturated heterocycles. The first kappa shape index (κ1) is 39.5. The number of benzene rings is 3. The lowest BCUT2D eigenvalue weighted by Gasteiger charge is -2.38. The summed E-state index contributed by atoms with van der Waals surface area (Å²) in [7, 11) is 0. The van der Waals surface area contributed by atoms with E-state index in [1.54, 1.807) is 0 Å². The first-order valence-corrected chi connectivity index (χ1v) is 19.0. The highest BCUT2D eigenvalue weighted by molar-refractivity contribution is 5.92. The van der Waals surface area contributed by atoms with Crippen LogP contribution in [0.1, 0.15) is 63.0 Å². The standard InChI is InChI=1S/C15H23N3O.C14H22N2.C13H20N2/c1-12(2)18-9-7-17(8-10-18)11-13-3-5-14(6-4-13)15(16)19;1-13(2)16-10-8-15(9-11-16)12-14-6-4-3-5-7-14;1-12(2)14-8-10-15(11-9-14)13-6-4-3-5-7-13/h3-6,12H,7-11H2,1-2H3,(H2,16,19);3-7,13H,8-12H2,1-2H3;3-7,12H,8-11H2,1-2H3. The second kappa shape index (κ2) is 20.5. The van der Waals surface area contributed by atoms with E-state index in [2.05, 4.69) is 132 Å². The minimum Gasteiger partial charge on any atom is -0.369 e. The van der Waals surface area contributed by atoms with Crippen LogP contribution in [-0.4, -0.2) is 127 Å². The SMILES string of the molecule is CC(C)N1CCN(Cc2ccc(C(N)=O)cc2)CC1.CC(C)N1CCN(Cc2ccccc2)CC1.CC(C)N1CCN(c2ccccc2)CC1. The van der Waals surface area contributed by atoms with E-state index in [1.807, 2.05) is 24.3 Å². The molecule has 3 aromatic carbocycles. The number of piperazine rings is 3. The van der Waals surface area contributed by atoms with Crippen LogP contribution >= 0.6 is 0 Å². The summed E-state index contributed by atoms with van der Waals surface area (Å²) >= 11 is 0. The second-order valence-electron chi connectivity index (χ2n) is 14.8. The van der Waals surface area contributed by atoms with E-state index in [0.717, 1.165) is 52.4 Å². The molecule has 1 amide bonds. The molecule has 6 rings (SSSR count). The Morgan fingerprint density at radius 2 is 0.860 bits per heavy atom. The summed E-state index contributed by atoms with van der Waals surface area (Å²) in [6.45, 7) is 29.7. The Balaban J connectivity index is 0.000000170. The predicted molar refractivity (Wildman–Crippen MR) is 211 cm³/mol. The summed E-state index contributed by atoms with van der Waals surface area (Å²) in [5.74, 6) is -0.364. The van der Waals surface area contributed by atoms with Crippen LogP contribution in [0.2, 0.25) is 0 Å². The van der Waals surface area contributed by atoms with Gasteiger partial charge in [-0.3, -0.25) is 29.3 Å². The third kappa shape index (κ3) is 13.1. The normalized spacial score (nSPS) is 18.5. The van der Waals surface area contributed by atoms with Crippen LogP contribution in [0, 0.1) is 0 Å². The van der Waals surface area contributed by atoms with Gasteiger partial charge in [0, 0.05) is 121 Å². The number of rotatable bonds is 9. The minimum atomic E-state index is -0.364. The molecule has 3 aromatic rings. The van der Waals surface area contributed by atoms with Crippen LogP contribution in [-0.2, 0) is 13.1 Å². The summed E-state index contributed by atoms with van der Waals surface area (Å²) in [4.78, 5) is 26.1. The zero-order valence-electron chi connectivity index (χ0n) is 31.9. The van der Waals surface area contributed by atoms with Crippen molar-refractivity contribution in [3.05, 3.63) is 102 Å². The van der Waals surface area contributed by atoms with Gasteiger partial charge in [0.15, 0.2) is 0 Å². The molecule has 2 N–H and O–H groups in total. The number of nitrogens with zero attached hydrogens (tertiary/aromatic N) is 6. The quantitative estimate of drug-likeness (QED) is 0.309. The van der Waals surface area contributed by atoms with Crippen molar-refractivity contribution < 1.29 is 4.79 Å². The van der Waals surface area contributed by atoms with E-state index >= 15 is 0 Å². The molecule has 0 aromatic heterocycles. The van der Waals surface area contributed by atoms with Crippen LogP contribution in [0.4, 0.5) is 5.69 Å². The number of hydrogen-bond acceptors (Lipinski definition) is 7. The van der Waals surface area contributed by atoms with Crippen molar-refractivity contribution in [2.45, 2.75) is 72.8 Å². The summed E-state index contributed by atoms with van der Waals surface area (Å²) < 4.78 is 0.